The molecule has 1 aromatic carbocycles. The Morgan fingerprint density at radius 3 is 2.25 bits per heavy atom. The molecule has 5 heteroatoms. The number of aromatic carboxylic acids is 1. The second kappa shape index (κ2) is 5.48. The monoisotopic (exact) mass is 226 g/mol. The van der Waals surface area contributed by atoms with Crippen molar-refractivity contribution in [1.29, 1.82) is 0 Å². The zero-order valence-electron chi connectivity index (χ0n) is 9.39. The second-order valence-electron chi connectivity index (χ2n) is 3.10. The maximum absolute atomic E-state index is 10.9. The fraction of sp³-hybridized carbons (Fsp3) is 0.364. The third-order valence-corrected chi connectivity index (χ3v) is 2.11. The van der Waals surface area contributed by atoms with Crippen LogP contribution in [0.1, 0.15) is 22.2 Å². The number of carboxylic acid groups (broad SMARTS) is 1. The van der Waals surface area contributed by atoms with Crippen LogP contribution in [0.2, 0.25) is 0 Å². The molecule has 16 heavy (non-hydrogen) atoms. The zero-order valence-corrected chi connectivity index (χ0v) is 9.39. The molecule has 1 N–H and O–H groups in total. The summed E-state index contributed by atoms with van der Waals surface area (Å²) in [4.78, 5) is 10.9. The Hall–Kier alpha value is -1.59. The minimum atomic E-state index is -1.02. The predicted molar refractivity (Wildman–Crippen MR) is 56.7 cm³/mol. The third-order valence-electron chi connectivity index (χ3n) is 2.11. The smallest absolute Gasteiger partial charge is 0.335 e. The number of hydrogen-bond donors (Lipinski definition) is 1. The highest BCUT2D eigenvalue weighted by molar-refractivity contribution is 5.88. The van der Waals surface area contributed by atoms with E-state index in [1.807, 2.05) is 0 Å². The van der Waals surface area contributed by atoms with Gasteiger partial charge in [0.25, 0.3) is 0 Å². The summed E-state index contributed by atoms with van der Waals surface area (Å²) >= 11 is 0. The van der Waals surface area contributed by atoms with E-state index in [2.05, 4.69) is 0 Å². The maximum Gasteiger partial charge on any atom is 0.335 e. The number of rotatable bonds is 5. The molecule has 0 spiro atoms. The molecule has 0 bridgehead atoms. The molecule has 0 radical (unpaired) electrons. The third kappa shape index (κ3) is 2.71. The number of carboxylic acids is 1. The highest BCUT2D eigenvalue weighted by Gasteiger charge is 2.14. The van der Waals surface area contributed by atoms with E-state index >= 15 is 0 Å². The Morgan fingerprint density at radius 2 is 1.81 bits per heavy atom. The lowest BCUT2D eigenvalue weighted by Gasteiger charge is -2.15. The Morgan fingerprint density at radius 1 is 1.19 bits per heavy atom. The van der Waals surface area contributed by atoms with Gasteiger partial charge in [0.15, 0.2) is 6.29 Å². The number of benzene rings is 1. The van der Waals surface area contributed by atoms with Crippen LogP contribution in [0, 0.1) is 0 Å². The summed E-state index contributed by atoms with van der Waals surface area (Å²) in [5.74, 6) is -0.569. The number of hydrogen-bond acceptors (Lipinski definition) is 4. The molecule has 0 saturated carbocycles. The second-order valence-corrected chi connectivity index (χ2v) is 3.10. The summed E-state index contributed by atoms with van der Waals surface area (Å²) in [5.41, 5.74) is 0.732. The highest BCUT2D eigenvalue weighted by Crippen LogP contribution is 2.24. The largest absolute Gasteiger partial charge is 0.497 e. The van der Waals surface area contributed by atoms with E-state index in [1.165, 1.54) is 33.5 Å². The summed E-state index contributed by atoms with van der Waals surface area (Å²) in [5, 5.41) is 8.92. The number of ether oxygens (including phenoxy) is 3. The minimum absolute atomic E-state index is 0.133. The first-order valence-electron chi connectivity index (χ1n) is 4.60. The summed E-state index contributed by atoms with van der Waals surface area (Å²) in [6.45, 7) is 0. The van der Waals surface area contributed by atoms with E-state index in [4.69, 9.17) is 19.3 Å². The van der Waals surface area contributed by atoms with Crippen LogP contribution in [0.3, 0.4) is 0 Å². The van der Waals surface area contributed by atoms with Crippen molar-refractivity contribution in [3.05, 3.63) is 29.3 Å². The number of carbonyl (C=O) groups is 1. The first-order chi connectivity index (χ1) is 7.62. The molecular weight excluding hydrogens is 212 g/mol. The van der Waals surface area contributed by atoms with E-state index < -0.39 is 12.3 Å². The van der Waals surface area contributed by atoms with E-state index in [1.54, 1.807) is 6.07 Å². The van der Waals surface area contributed by atoms with Gasteiger partial charge in [0.2, 0.25) is 0 Å². The zero-order chi connectivity index (χ0) is 12.1. The molecule has 0 unspecified atom stereocenters. The molecule has 0 aromatic heterocycles. The molecule has 0 atom stereocenters. The summed E-state index contributed by atoms with van der Waals surface area (Å²) in [7, 11) is 4.43. The van der Waals surface area contributed by atoms with Crippen molar-refractivity contribution in [2.75, 3.05) is 21.3 Å². The van der Waals surface area contributed by atoms with Gasteiger partial charge >= 0.3 is 5.97 Å². The van der Waals surface area contributed by atoms with Crippen LogP contribution in [0.5, 0.6) is 5.75 Å². The summed E-state index contributed by atoms with van der Waals surface area (Å²) in [6, 6.07) is 4.60. The fourth-order valence-corrected chi connectivity index (χ4v) is 1.37. The van der Waals surface area contributed by atoms with Gasteiger partial charge in [-0.25, -0.2) is 4.79 Å². The molecular formula is C11H14O5. The van der Waals surface area contributed by atoms with E-state index in [9.17, 15) is 4.79 Å². The molecule has 0 aliphatic carbocycles. The van der Waals surface area contributed by atoms with E-state index in [0.717, 1.165) is 0 Å². The van der Waals surface area contributed by atoms with Crippen LogP contribution in [0.4, 0.5) is 0 Å². The van der Waals surface area contributed by atoms with E-state index in [-0.39, 0.29) is 5.56 Å². The van der Waals surface area contributed by atoms with Gasteiger partial charge in [-0.05, 0) is 18.2 Å². The lowest BCUT2D eigenvalue weighted by molar-refractivity contribution is -0.106. The van der Waals surface area contributed by atoms with Crippen molar-refractivity contribution in [1.82, 2.24) is 0 Å². The van der Waals surface area contributed by atoms with Crippen molar-refractivity contribution in [3.63, 3.8) is 0 Å². The molecule has 88 valence electrons. The lowest BCUT2D eigenvalue weighted by Crippen LogP contribution is -2.06. The SMILES string of the molecule is COc1cc(C(=O)O)cc(C(OC)OC)c1. The van der Waals surface area contributed by atoms with Gasteiger partial charge in [-0.2, -0.15) is 0 Å². The van der Waals surface area contributed by atoms with Gasteiger partial charge in [0.05, 0.1) is 12.7 Å². The Kier molecular flexibility index (Phi) is 4.28. The van der Waals surface area contributed by atoms with Gasteiger partial charge in [0.1, 0.15) is 5.75 Å². The molecule has 1 rings (SSSR count). The van der Waals surface area contributed by atoms with Crippen LogP contribution in [0.25, 0.3) is 0 Å². The van der Waals surface area contributed by atoms with Crippen molar-refractivity contribution in [2.45, 2.75) is 6.29 Å². The van der Waals surface area contributed by atoms with Gasteiger partial charge in [0, 0.05) is 19.8 Å². The molecule has 0 fully saturated rings. The predicted octanol–water partition coefficient (Wildman–Crippen LogP) is 1.68. The first kappa shape index (κ1) is 12.5. The average molecular weight is 226 g/mol. The Bertz CT molecular complexity index is 371. The summed E-state index contributed by atoms with van der Waals surface area (Å²) < 4.78 is 15.1. The van der Waals surface area contributed by atoms with Crippen LogP contribution < -0.4 is 4.74 Å². The lowest BCUT2D eigenvalue weighted by atomic mass is 10.1. The van der Waals surface area contributed by atoms with Crippen LogP contribution in [0.15, 0.2) is 18.2 Å². The topological polar surface area (TPSA) is 65.0 Å². The van der Waals surface area contributed by atoms with Gasteiger partial charge in [-0.3, -0.25) is 0 Å². The Balaban J connectivity index is 3.17. The van der Waals surface area contributed by atoms with Crippen LogP contribution >= 0.6 is 0 Å². The summed E-state index contributed by atoms with van der Waals surface area (Å²) in [6.07, 6.45) is -0.604. The van der Waals surface area contributed by atoms with Crippen LogP contribution in [-0.2, 0) is 9.47 Å². The van der Waals surface area contributed by atoms with Crippen molar-refractivity contribution in [3.8, 4) is 5.75 Å². The van der Waals surface area contributed by atoms with Gasteiger partial charge < -0.3 is 19.3 Å². The molecule has 0 aliphatic heterocycles. The molecule has 0 aliphatic rings. The molecule has 0 heterocycles. The highest BCUT2D eigenvalue weighted by atomic mass is 16.7. The molecule has 0 saturated heterocycles. The standard InChI is InChI=1S/C11H14O5/c1-14-9-5-7(10(12)13)4-8(6-9)11(15-2)16-3/h4-6,11H,1-3H3,(H,12,13). The fourth-order valence-electron chi connectivity index (χ4n) is 1.37. The maximum atomic E-state index is 10.9. The van der Waals surface area contributed by atoms with Crippen molar-refractivity contribution in [2.24, 2.45) is 0 Å². The number of methoxy groups -OCH3 is 3. The first-order valence-corrected chi connectivity index (χ1v) is 4.60. The van der Waals surface area contributed by atoms with Gasteiger partial charge in [-0.1, -0.05) is 0 Å². The molecule has 1 aromatic rings. The average Bonchev–Trinajstić information content (AvgIpc) is 2.30. The normalized spacial score (nSPS) is 10.5. The minimum Gasteiger partial charge on any atom is -0.497 e. The Labute approximate surface area is 93.6 Å². The van der Waals surface area contributed by atoms with Crippen molar-refractivity contribution < 1.29 is 24.1 Å². The van der Waals surface area contributed by atoms with Crippen LogP contribution in [-0.4, -0.2) is 32.4 Å². The molecule has 5 nitrogen and oxygen atoms in total. The van der Waals surface area contributed by atoms with E-state index in [0.29, 0.717) is 11.3 Å². The van der Waals surface area contributed by atoms with Gasteiger partial charge in [-0.15, -0.1) is 0 Å². The van der Waals surface area contributed by atoms with Crippen molar-refractivity contribution >= 4 is 5.97 Å². The molecule has 0 amide bonds. The quantitative estimate of drug-likeness (QED) is 0.774.